The molecule has 1 aromatic carbocycles. The smallest absolute Gasteiger partial charge is 0.0868 e. The molecule has 0 fully saturated rings. The monoisotopic (exact) mass is 203 g/mol. The molecule has 3 nitrogen and oxygen atoms in total. The Bertz CT molecular complexity index is 341. The predicted octanol–water partition coefficient (Wildman–Crippen LogP) is 2.00. The second-order valence-electron chi connectivity index (χ2n) is 3.57. The molecule has 0 radical (unpaired) electrons. The van der Waals surface area contributed by atoms with Gasteiger partial charge in [0.2, 0.25) is 0 Å². The standard InChI is InChI=1S/C12H17N3/c1-2-8-15(9-7-13)10-11-5-3-4-6-12(11)14/h3-6H,2,8-10,14H2,1H3. The summed E-state index contributed by atoms with van der Waals surface area (Å²) in [4.78, 5) is 2.10. The second-order valence-corrected chi connectivity index (χ2v) is 3.57. The number of para-hydroxylation sites is 1. The van der Waals surface area contributed by atoms with Gasteiger partial charge in [-0.15, -0.1) is 0 Å². The van der Waals surface area contributed by atoms with Gasteiger partial charge in [-0.1, -0.05) is 25.1 Å². The molecule has 0 saturated heterocycles. The van der Waals surface area contributed by atoms with Crippen LogP contribution in [0.5, 0.6) is 0 Å². The highest BCUT2D eigenvalue weighted by atomic mass is 15.1. The Hall–Kier alpha value is -1.53. The lowest BCUT2D eigenvalue weighted by Crippen LogP contribution is -2.24. The zero-order chi connectivity index (χ0) is 11.1. The Morgan fingerprint density at radius 3 is 2.73 bits per heavy atom. The Kier molecular flexibility index (Phi) is 4.65. The molecule has 0 unspecified atom stereocenters. The minimum atomic E-state index is 0.460. The first-order valence-electron chi connectivity index (χ1n) is 5.20. The summed E-state index contributed by atoms with van der Waals surface area (Å²) in [5.74, 6) is 0. The first-order valence-corrected chi connectivity index (χ1v) is 5.20. The van der Waals surface area contributed by atoms with Crippen LogP contribution in [0.2, 0.25) is 0 Å². The largest absolute Gasteiger partial charge is 0.398 e. The molecule has 80 valence electrons. The highest BCUT2D eigenvalue weighted by Crippen LogP contribution is 2.13. The molecule has 3 heteroatoms. The van der Waals surface area contributed by atoms with E-state index >= 15 is 0 Å². The number of nitrogens with zero attached hydrogens (tertiary/aromatic N) is 2. The molecule has 0 aliphatic carbocycles. The fourth-order valence-corrected chi connectivity index (χ4v) is 1.55. The topological polar surface area (TPSA) is 53.0 Å². The molecule has 0 aliphatic heterocycles. The molecule has 0 atom stereocenters. The van der Waals surface area contributed by atoms with Crippen molar-refractivity contribution in [3.8, 4) is 6.07 Å². The normalized spacial score (nSPS) is 10.2. The van der Waals surface area contributed by atoms with Crippen LogP contribution in [0.15, 0.2) is 24.3 Å². The van der Waals surface area contributed by atoms with Gasteiger partial charge in [-0.25, -0.2) is 0 Å². The number of rotatable bonds is 5. The van der Waals surface area contributed by atoms with Crippen LogP contribution < -0.4 is 5.73 Å². The first-order chi connectivity index (χ1) is 7.27. The molecular weight excluding hydrogens is 186 g/mol. The number of nitrogen functional groups attached to an aromatic ring is 1. The molecule has 0 saturated carbocycles. The molecule has 0 spiro atoms. The molecule has 15 heavy (non-hydrogen) atoms. The van der Waals surface area contributed by atoms with Gasteiger partial charge in [-0.05, 0) is 24.6 Å². The lowest BCUT2D eigenvalue weighted by molar-refractivity contribution is 0.299. The predicted molar refractivity (Wildman–Crippen MR) is 62.0 cm³/mol. The number of nitrogens with two attached hydrogens (primary N) is 1. The van der Waals surface area contributed by atoms with Crippen molar-refractivity contribution in [2.24, 2.45) is 0 Å². The third-order valence-electron chi connectivity index (χ3n) is 2.28. The van der Waals surface area contributed by atoms with Gasteiger partial charge in [-0.3, -0.25) is 4.90 Å². The van der Waals surface area contributed by atoms with Gasteiger partial charge in [0, 0.05) is 12.2 Å². The number of hydrogen-bond donors (Lipinski definition) is 1. The maximum atomic E-state index is 8.69. The fraction of sp³-hybridized carbons (Fsp3) is 0.417. The summed E-state index contributed by atoms with van der Waals surface area (Å²) >= 11 is 0. The quantitative estimate of drug-likeness (QED) is 0.588. The molecule has 0 bridgehead atoms. The molecule has 0 heterocycles. The summed E-state index contributed by atoms with van der Waals surface area (Å²) < 4.78 is 0. The summed E-state index contributed by atoms with van der Waals surface area (Å²) in [5.41, 5.74) is 7.75. The van der Waals surface area contributed by atoms with Crippen molar-refractivity contribution in [2.75, 3.05) is 18.8 Å². The highest BCUT2D eigenvalue weighted by Gasteiger charge is 2.05. The summed E-state index contributed by atoms with van der Waals surface area (Å²) in [6, 6.07) is 9.98. The molecule has 1 rings (SSSR count). The van der Waals surface area contributed by atoms with E-state index in [0.29, 0.717) is 6.54 Å². The number of nitriles is 1. The van der Waals surface area contributed by atoms with E-state index in [9.17, 15) is 0 Å². The molecular formula is C12H17N3. The van der Waals surface area contributed by atoms with Crippen molar-refractivity contribution < 1.29 is 0 Å². The van der Waals surface area contributed by atoms with E-state index in [2.05, 4.69) is 17.9 Å². The molecule has 0 aromatic heterocycles. The van der Waals surface area contributed by atoms with Crippen molar-refractivity contribution in [1.29, 1.82) is 5.26 Å². The molecule has 0 amide bonds. The van der Waals surface area contributed by atoms with Crippen LogP contribution in [0.4, 0.5) is 5.69 Å². The van der Waals surface area contributed by atoms with Crippen molar-refractivity contribution in [3.05, 3.63) is 29.8 Å². The highest BCUT2D eigenvalue weighted by molar-refractivity contribution is 5.46. The van der Waals surface area contributed by atoms with Crippen LogP contribution in [-0.2, 0) is 6.54 Å². The Morgan fingerprint density at radius 1 is 1.40 bits per heavy atom. The minimum Gasteiger partial charge on any atom is -0.398 e. The van der Waals surface area contributed by atoms with Gasteiger partial charge in [0.15, 0.2) is 0 Å². The average molecular weight is 203 g/mol. The fourth-order valence-electron chi connectivity index (χ4n) is 1.55. The van der Waals surface area contributed by atoms with E-state index < -0.39 is 0 Å². The van der Waals surface area contributed by atoms with Crippen LogP contribution >= 0.6 is 0 Å². The van der Waals surface area contributed by atoms with Crippen LogP contribution in [0, 0.1) is 11.3 Å². The van der Waals surface area contributed by atoms with Gasteiger partial charge in [0.25, 0.3) is 0 Å². The van der Waals surface area contributed by atoms with E-state index in [-0.39, 0.29) is 0 Å². The lowest BCUT2D eigenvalue weighted by atomic mass is 10.1. The third kappa shape index (κ3) is 3.61. The van der Waals surface area contributed by atoms with E-state index in [0.717, 1.165) is 30.8 Å². The second kappa shape index (κ2) is 6.05. The maximum Gasteiger partial charge on any atom is 0.0868 e. The maximum absolute atomic E-state index is 8.69. The van der Waals surface area contributed by atoms with Gasteiger partial charge < -0.3 is 5.73 Å². The van der Waals surface area contributed by atoms with Crippen molar-refractivity contribution in [3.63, 3.8) is 0 Å². The van der Waals surface area contributed by atoms with Gasteiger partial charge >= 0.3 is 0 Å². The van der Waals surface area contributed by atoms with Crippen molar-refractivity contribution >= 4 is 5.69 Å². The van der Waals surface area contributed by atoms with Gasteiger partial charge in [0.05, 0.1) is 12.6 Å². The number of benzene rings is 1. The van der Waals surface area contributed by atoms with Crippen molar-refractivity contribution in [2.45, 2.75) is 19.9 Å². The van der Waals surface area contributed by atoms with Gasteiger partial charge in [0.1, 0.15) is 0 Å². The average Bonchev–Trinajstić information content (AvgIpc) is 2.22. The third-order valence-corrected chi connectivity index (χ3v) is 2.28. The SMILES string of the molecule is CCCN(CC#N)Cc1ccccc1N. The Labute approximate surface area is 91.1 Å². The molecule has 0 aliphatic rings. The van der Waals surface area contributed by atoms with E-state index in [1.165, 1.54) is 0 Å². The van der Waals surface area contributed by atoms with Crippen LogP contribution in [0.3, 0.4) is 0 Å². The summed E-state index contributed by atoms with van der Waals surface area (Å²) in [7, 11) is 0. The first kappa shape index (κ1) is 11.5. The van der Waals surface area contributed by atoms with Crippen LogP contribution in [0.1, 0.15) is 18.9 Å². The number of anilines is 1. The van der Waals surface area contributed by atoms with Gasteiger partial charge in [-0.2, -0.15) is 5.26 Å². The van der Waals surface area contributed by atoms with E-state index in [1.807, 2.05) is 24.3 Å². The Balaban J connectivity index is 2.66. The minimum absolute atomic E-state index is 0.460. The zero-order valence-corrected chi connectivity index (χ0v) is 9.11. The zero-order valence-electron chi connectivity index (χ0n) is 9.11. The van der Waals surface area contributed by atoms with E-state index in [4.69, 9.17) is 11.0 Å². The number of hydrogen-bond acceptors (Lipinski definition) is 3. The summed E-state index contributed by atoms with van der Waals surface area (Å²) in [6.45, 7) is 4.26. The lowest BCUT2D eigenvalue weighted by Gasteiger charge is -2.18. The molecule has 2 N–H and O–H groups in total. The van der Waals surface area contributed by atoms with E-state index in [1.54, 1.807) is 0 Å². The Morgan fingerprint density at radius 2 is 2.13 bits per heavy atom. The van der Waals surface area contributed by atoms with Crippen LogP contribution in [0.25, 0.3) is 0 Å². The summed E-state index contributed by atoms with van der Waals surface area (Å²) in [6.07, 6.45) is 1.05. The van der Waals surface area contributed by atoms with Crippen molar-refractivity contribution in [1.82, 2.24) is 4.90 Å². The summed E-state index contributed by atoms with van der Waals surface area (Å²) in [5, 5.41) is 8.69. The van der Waals surface area contributed by atoms with Crippen LogP contribution in [-0.4, -0.2) is 18.0 Å². The molecule has 1 aromatic rings.